The van der Waals surface area contributed by atoms with E-state index in [0.717, 1.165) is 71.9 Å². The monoisotopic (exact) mass is 663 g/mol. The van der Waals surface area contributed by atoms with Crippen molar-refractivity contribution in [1.29, 1.82) is 0 Å². The van der Waals surface area contributed by atoms with E-state index >= 15 is 0 Å². The van der Waals surface area contributed by atoms with Crippen molar-refractivity contribution in [3.05, 3.63) is 168 Å². The van der Waals surface area contributed by atoms with E-state index in [4.69, 9.17) is 0 Å². The minimum Gasteiger partial charge on any atom is -0.505 e. The fourth-order valence-corrected chi connectivity index (χ4v) is 7.20. The molecular weight excluding hydrogens is 627 g/mol. The molecule has 0 aliphatic rings. The maximum atomic E-state index is 12.1. The van der Waals surface area contributed by atoms with Crippen LogP contribution in [0.15, 0.2) is 152 Å². The number of phenols is 3. The molecular formula is C47H37NO3. The summed E-state index contributed by atoms with van der Waals surface area (Å²) in [6.45, 7) is 5.88. The highest BCUT2D eigenvalue weighted by molar-refractivity contribution is 6.15. The van der Waals surface area contributed by atoms with Crippen molar-refractivity contribution < 1.29 is 15.3 Å². The molecule has 51 heavy (non-hydrogen) atoms. The van der Waals surface area contributed by atoms with Gasteiger partial charge >= 0.3 is 0 Å². The van der Waals surface area contributed by atoms with Gasteiger partial charge in [0.05, 0.1) is 0 Å². The third-order valence-electron chi connectivity index (χ3n) is 10.1. The van der Waals surface area contributed by atoms with Crippen LogP contribution >= 0.6 is 0 Å². The highest BCUT2D eigenvalue weighted by Gasteiger charge is 2.29. The molecule has 0 heterocycles. The van der Waals surface area contributed by atoms with Gasteiger partial charge in [-0.3, -0.25) is 0 Å². The van der Waals surface area contributed by atoms with E-state index in [1.165, 1.54) is 0 Å². The number of hydrogen-bond donors (Lipinski definition) is 3. The second kappa shape index (κ2) is 12.7. The fourth-order valence-electron chi connectivity index (χ4n) is 7.20. The van der Waals surface area contributed by atoms with Crippen molar-refractivity contribution >= 4 is 38.6 Å². The normalized spacial score (nSPS) is 11.3. The zero-order valence-corrected chi connectivity index (χ0v) is 28.7. The van der Waals surface area contributed by atoms with Crippen LogP contribution in [-0.4, -0.2) is 15.3 Å². The summed E-state index contributed by atoms with van der Waals surface area (Å²) in [7, 11) is 0. The van der Waals surface area contributed by atoms with E-state index in [1.807, 2.05) is 115 Å². The van der Waals surface area contributed by atoms with E-state index in [1.54, 1.807) is 6.92 Å². The highest BCUT2D eigenvalue weighted by atomic mass is 16.3. The van der Waals surface area contributed by atoms with Gasteiger partial charge in [-0.05, 0) is 118 Å². The summed E-state index contributed by atoms with van der Waals surface area (Å²) in [5, 5.41) is 40.0. The zero-order valence-electron chi connectivity index (χ0n) is 28.7. The van der Waals surface area contributed by atoms with Crippen LogP contribution < -0.4 is 4.90 Å². The first kappa shape index (κ1) is 31.7. The van der Waals surface area contributed by atoms with Crippen molar-refractivity contribution in [3.63, 3.8) is 0 Å². The standard InChI is InChI=1S/C47H37NO3/c1-29-20-23-38(26-30(29)2)48(37-24-21-33(22-25-37)35-16-11-15-34(27-35)32-12-5-4-6-13-32)44-45(49)31(3)43(46(50)47(44)51)42-28-36-14-7-8-17-39(36)40-18-9-10-19-41(40)42/h4-28,49-51H,1-3H3. The molecule has 0 unspecified atom stereocenters. The van der Waals surface area contributed by atoms with Gasteiger partial charge in [-0.15, -0.1) is 0 Å². The Morgan fingerprint density at radius 1 is 0.412 bits per heavy atom. The van der Waals surface area contributed by atoms with Crippen LogP contribution in [0.25, 0.3) is 54.9 Å². The smallest absolute Gasteiger partial charge is 0.186 e. The lowest BCUT2D eigenvalue weighted by Crippen LogP contribution is -2.12. The van der Waals surface area contributed by atoms with E-state index in [0.29, 0.717) is 11.1 Å². The minimum atomic E-state index is -0.400. The van der Waals surface area contributed by atoms with E-state index in [9.17, 15) is 15.3 Å². The van der Waals surface area contributed by atoms with Crippen LogP contribution in [-0.2, 0) is 0 Å². The summed E-state index contributed by atoms with van der Waals surface area (Å²) in [5.74, 6) is -0.803. The molecule has 3 N–H and O–H groups in total. The van der Waals surface area contributed by atoms with Crippen LogP contribution in [0.4, 0.5) is 17.1 Å². The van der Waals surface area contributed by atoms with Gasteiger partial charge in [-0.25, -0.2) is 0 Å². The number of fused-ring (bicyclic) bond motifs is 3. The number of anilines is 3. The highest BCUT2D eigenvalue weighted by Crippen LogP contribution is 2.56. The van der Waals surface area contributed by atoms with Crippen molar-refractivity contribution in [3.8, 4) is 50.6 Å². The lowest BCUT2D eigenvalue weighted by molar-refractivity contribution is 0.398. The molecule has 8 rings (SSSR count). The van der Waals surface area contributed by atoms with Crippen molar-refractivity contribution in [2.45, 2.75) is 20.8 Å². The molecule has 0 spiro atoms. The summed E-state index contributed by atoms with van der Waals surface area (Å²) in [6.07, 6.45) is 0. The quantitative estimate of drug-likeness (QED) is 0.0941. The number of hydrogen-bond acceptors (Lipinski definition) is 4. The second-order valence-electron chi connectivity index (χ2n) is 13.2. The lowest BCUT2D eigenvalue weighted by Gasteiger charge is -2.29. The van der Waals surface area contributed by atoms with Gasteiger partial charge in [0, 0.05) is 22.5 Å². The van der Waals surface area contributed by atoms with Crippen LogP contribution in [0.2, 0.25) is 0 Å². The van der Waals surface area contributed by atoms with Crippen LogP contribution in [0.3, 0.4) is 0 Å². The van der Waals surface area contributed by atoms with Crippen LogP contribution in [0, 0.1) is 20.8 Å². The zero-order chi connectivity index (χ0) is 35.2. The summed E-state index contributed by atoms with van der Waals surface area (Å²) in [5.41, 5.74) is 9.73. The molecule has 8 aromatic rings. The number of aryl methyl sites for hydroxylation is 2. The Morgan fingerprint density at radius 3 is 1.71 bits per heavy atom. The average Bonchev–Trinajstić information content (AvgIpc) is 3.17. The number of rotatable bonds is 6. The Labute approximate surface area is 297 Å². The Balaban J connectivity index is 1.29. The lowest BCUT2D eigenvalue weighted by atomic mass is 9.89. The largest absolute Gasteiger partial charge is 0.505 e. The maximum absolute atomic E-state index is 12.1. The molecule has 4 nitrogen and oxygen atoms in total. The van der Waals surface area contributed by atoms with Gasteiger partial charge in [-0.2, -0.15) is 0 Å². The Morgan fingerprint density at radius 2 is 1.00 bits per heavy atom. The molecule has 8 aromatic carbocycles. The van der Waals surface area contributed by atoms with Gasteiger partial charge in [0.15, 0.2) is 11.5 Å². The van der Waals surface area contributed by atoms with Gasteiger partial charge in [-0.1, -0.05) is 115 Å². The molecule has 0 radical (unpaired) electrons. The van der Waals surface area contributed by atoms with E-state index in [-0.39, 0.29) is 17.2 Å². The molecule has 0 bridgehead atoms. The SMILES string of the molecule is Cc1ccc(N(c2ccc(-c3cccc(-c4ccccc4)c3)cc2)c2c(O)c(C)c(-c3cc4ccccc4c4ccccc34)c(O)c2O)cc1C. The number of benzene rings is 8. The van der Waals surface area contributed by atoms with E-state index in [2.05, 4.69) is 55.5 Å². The van der Waals surface area contributed by atoms with Crippen LogP contribution in [0.1, 0.15) is 16.7 Å². The van der Waals surface area contributed by atoms with Gasteiger partial charge in [0.25, 0.3) is 0 Å². The molecule has 0 saturated carbocycles. The Kier molecular flexibility index (Phi) is 7.93. The molecule has 0 amide bonds. The summed E-state index contributed by atoms with van der Waals surface area (Å²) in [4.78, 5) is 1.82. The minimum absolute atomic E-state index is 0.112. The molecule has 0 fully saturated rings. The molecule has 248 valence electrons. The fraction of sp³-hybridized carbons (Fsp3) is 0.0638. The third-order valence-corrected chi connectivity index (χ3v) is 10.1. The molecule has 0 saturated heterocycles. The number of aromatic hydroxyl groups is 3. The summed E-state index contributed by atoms with van der Waals surface area (Å²) < 4.78 is 0. The molecule has 0 aliphatic heterocycles. The van der Waals surface area contributed by atoms with Gasteiger partial charge < -0.3 is 20.2 Å². The summed E-state index contributed by atoms with van der Waals surface area (Å²) >= 11 is 0. The third kappa shape index (κ3) is 5.51. The molecule has 4 heteroatoms. The topological polar surface area (TPSA) is 63.9 Å². The Bertz CT molecular complexity index is 2560. The first-order valence-electron chi connectivity index (χ1n) is 17.1. The Hall–Kier alpha value is -6.52. The van der Waals surface area contributed by atoms with Crippen molar-refractivity contribution in [1.82, 2.24) is 0 Å². The van der Waals surface area contributed by atoms with E-state index < -0.39 is 5.75 Å². The van der Waals surface area contributed by atoms with Crippen LogP contribution in [0.5, 0.6) is 17.2 Å². The maximum Gasteiger partial charge on any atom is 0.186 e. The second-order valence-corrected chi connectivity index (χ2v) is 13.2. The number of nitrogens with zero attached hydrogens (tertiary/aromatic N) is 1. The molecule has 0 atom stereocenters. The first-order chi connectivity index (χ1) is 24.8. The van der Waals surface area contributed by atoms with Crippen molar-refractivity contribution in [2.75, 3.05) is 4.90 Å². The predicted molar refractivity (Wildman–Crippen MR) is 212 cm³/mol. The van der Waals surface area contributed by atoms with Gasteiger partial charge in [0.2, 0.25) is 0 Å². The molecule has 0 aromatic heterocycles. The molecule has 0 aliphatic carbocycles. The van der Waals surface area contributed by atoms with Gasteiger partial charge in [0.1, 0.15) is 11.4 Å². The number of phenolic OH excluding ortho intramolecular Hbond substituents is 3. The first-order valence-corrected chi connectivity index (χ1v) is 17.1. The summed E-state index contributed by atoms with van der Waals surface area (Å²) in [6, 6.07) is 51.0. The van der Waals surface area contributed by atoms with Crippen molar-refractivity contribution in [2.24, 2.45) is 0 Å². The average molecular weight is 664 g/mol. The predicted octanol–water partition coefficient (Wildman–Crippen LogP) is 12.5.